The topological polar surface area (TPSA) is 24.1 Å². The molecule has 0 aromatic heterocycles. The first-order valence-electron chi connectivity index (χ1n) is 2.68. The van der Waals surface area contributed by atoms with Crippen LogP contribution in [0.15, 0.2) is 0 Å². The summed E-state index contributed by atoms with van der Waals surface area (Å²) in [6.07, 6.45) is 1.26. The van der Waals surface area contributed by atoms with Crippen LogP contribution in [0.5, 0.6) is 0 Å². The van der Waals surface area contributed by atoms with E-state index in [2.05, 4.69) is 17.1 Å². The molecule has 3 heteroatoms. The van der Waals surface area contributed by atoms with Crippen LogP contribution in [0.3, 0.4) is 0 Å². The summed E-state index contributed by atoms with van der Waals surface area (Å²) in [4.78, 5) is 0. The SMILES string of the molecule is CCP1NCCN1. The van der Waals surface area contributed by atoms with Crippen LogP contribution in [-0.2, 0) is 0 Å². The number of hydrogen-bond acceptors (Lipinski definition) is 2. The maximum absolute atomic E-state index is 3.36. The van der Waals surface area contributed by atoms with Gasteiger partial charge < -0.3 is 0 Å². The van der Waals surface area contributed by atoms with E-state index in [-0.39, 0.29) is 8.22 Å². The van der Waals surface area contributed by atoms with E-state index in [0.29, 0.717) is 0 Å². The third-order valence-electron chi connectivity index (χ3n) is 1.05. The highest BCUT2D eigenvalue weighted by Crippen LogP contribution is 2.25. The predicted molar refractivity (Wildman–Crippen MR) is 33.5 cm³/mol. The normalized spacial score (nSPS) is 23.6. The molecule has 1 saturated heterocycles. The lowest BCUT2D eigenvalue weighted by Gasteiger charge is -2.03. The molecule has 2 nitrogen and oxygen atoms in total. The molecular formula is C4H11N2P. The molecule has 0 aliphatic carbocycles. The monoisotopic (exact) mass is 118 g/mol. The smallest absolute Gasteiger partial charge is 0.0336 e. The Balaban J connectivity index is 2.14. The van der Waals surface area contributed by atoms with Gasteiger partial charge in [0.2, 0.25) is 0 Å². The van der Waals surface area contributed by atoms with E-state index in [1.54, 1.807) is 0 Å². The lowest BCUT2D eigenvalue weighted by atomic mass is 10.7. The van der Waals surface area contributed by atoms with Crippen LogP contribution in [0.1, 0.15) is 6.92 Å². The Bertz CT molecular complexity index is 51.7. The third kappa shape index (κ3) is 1.37. The van der Waals surface area contributed by atoms with Crippen molar-refractivity contribution >= 4 is 8.22 Å². The summed E-state index contributed by atoms with van der Waals surface area (Å²) in [6, 6.07) is 0. The van der Waals surface area contributed by atoms with Crippen molar-refractivity contribution in [3.63, 3.8) is 0 Å². The van der Waals surface area contributed by atoms with Crippen molar-refractivity contribution in [1.82, 2.24) is 10.2 Å². The van der Waals surface area contributed by atoms with E-state index in [1.165, 1.54) is 19.3 Å². The molecule has 0 spiro atoms. The highest BCUT2D eigenvalue weighted by molar-refractivity contribution is 7.53. The maximum Gasteiger partial charge on any atom is 0.0336 e. The Morgan fingerprint density at radius 3 is 2.29 bits per heavy atom. The van der Waals surface area contributed by atoms with Gasteiger partial charge in [-0.1, -0.05) is 6.92 Å². The second kappa shape index (κ2) is 2.61. The molecule has 0 saturated carbocycles. The molecule has 1 aliphatic heterocycles. The van der Waals surface area contributed by atoms with E-state index < -0.39 is 0 Å². The van der Waals surface area contributed by atoms with Gasteiger partial charge in [0.05, 0.1) is 0 Å². The zero-order valence-corrected chi connectivity index (χ0v) is 5.46. The Kier molecular flexibility index (Phi) is 2.04. The van der Waals surface area contributed by atoms with Gasteiger partial charge in [0.1, 0.15) is 0 Å². The van der Waals surface area contributed by atoms with Crippen LogP contribution in [-0.4, -0.2) is 19.3 Å². The summed E-state index contributed by atoms with van der Waals surface area (Å²) >= 11 is 0. The van der Waals surface area contributed by atoms with E-state index in [9.17, 15) is 0 Å². The molecule has 0 atom stereocenters. The fourth-order valence-corrected chi connectivity index (χ4v) is 1.98. The number of hydrogen-bond donors (Lipinski definition) is 2. The molecule has 1 aliphatic rings. The van der Waals surface area contributed by atoms with Crippen molar-refractivity contribution < 1.29 is 0 Å². The van der Waals surface area contributed by atoms with Crippen LogP contribution < -0.4 is 10.2 Å². The molecule has 0 aromatic rings. The molecule has 1 rings (SSSR count). The van der Waals surface area contributed by atoms with Crippen molar-refractivity contribution in [3.8, 4) is 0 Å². The quantitative estimate of drug-likeness (QED) is 0.490. The minimum Gasteiger partial charge on any atom is -0.282 e. The van der Waals surface area contributed by atoms with E-state index in [1.807, 2.05) is 0 Å². The number of nitrogens with one attached hydrogen (secondary N) is 2. The van der Waals surface area contributed by atoms with Gasteiger partial charge in [-0.05, 0) is 6.16 Å². The molecule has 42 valence electrons. The van der Waals surface area contributed by atoms with Gasteiger partial charge in [0.25, 0.3) is 0 Å². The highest BCUT2D eigenvalue weighted by Gasteiger charge is 2.08. The van der Waals surface area contributed by atoms with Crippen LogP contribution in [0, 0.1) is 0 Å². The van der Waals surface area contributed by atoms with Gasteiger partial charge in [-0.3, -0.25) is 10.2 Å². The van der Waals surface area contributed by atoms with E-state index >= 15 is 0 Å². The van der Waals surface area contributed by atoms with Gasteiger partial charge in [-0.25, -0.2) is 0 Å². The maximum atomic E-state index is 3.36. The number of rotatable bonds is 1. The fraction of sp³-hybridized carbons (Fsp3) is 1.00. The standard InChI is InChI=1S/C4H11N2P/c1-2-7-5-3-4-6-7/h5-6H,2-4H2,1H3. The van der Waals surface area contributed by atoms with Crippen molar-refractivity contribution in [2.75, 3.05) is 19.3 Å². The minimum absolute atomic E-state index is 0.0571. The molecule has 0 amide bonds. The summed E-state index contributed by atoms with van der Waals surface area (Å²) in [7, 11) is 0.0571. The van der Waals surface area contributed by atoms with Crippen LogP contribution >= 0.6 is 8.22 Å². The highest BCUT2D eigenvalue weighted by atomic mass is 31.1. The minimum atomic E-state index is 0.0571. The van der Waals surface area contributed by atoms with Gasteiger partial charge in [0, 0.05) is 21.3 Å². The molecule has 0 unspecified atom stereocenters. The van der Waals surface area contributed by atoms with Gasteiger partial charge in [-0.15, -0.1) is 0 Å². The molecule has 0 aromatic carbocycles. The Morgan fingerprint density at radius 1 is 1.43 bits per heavy atom. The third-order valence-corrected chi connectivity index (χ3v) is 2.89. The molecule has 1 fully saturated rings. The average Bonchev–Trinajstić information content (AvgIpc) is 2.14. The largest absolute Gasteiger partial charge is 0.282 e. The van der Waals surface area contributed by atoms with Crippen molar-refractivity contribution in [2.24, 2.45) is 0 Å². The van der Waals surface area contributed by atoms with Gasteiger partial charge >= 0.3 is 0 Å². The first kappa shape index (κ1) is 5.49. The second-order valence-corrected chi connectivity index (χ2v) is 3.68. The molecule has 2 N–H and O–H groups in total. The summed E-state index contributed by atoms with van der Waals surface area (Å²) in [6.45, 7) is 4.54. The molecule has 1 heterocycles. The molecule has 7 heavy (non-hydrogen) atoms. The zero-order chi connectivity index (χ0) is 5.11. The van der Waals surface area contributed by atoms with E-state index in [0.717, 1.165) is 0 Å². The van der Waals surface area contributed by atoms with E-state index in [4.69, 9.17) is 0 Å². The van der Waals surface area contributed by atoms with Gasteiger partial charge in [-0.2, -0.15) is 0 Å². The molecule has 0 bridgehead atoms. The molecule has 0 radical (unpaired) electrons. The zero-order valence-electron chi connectivity index (χ0n) is 4.57. The summed E-state index contributed by atoms with van der Waals surface area (Å²) in [5.41, 5.74) is 0. The first-order valence-corrected chi connectivity index (χ1v) is 4.20. The fourth-order valence-electron chi connectivity index (χ4n) is 0.661. The average molecular weight is 118 g/mol. The van der Waals surface area contributed by atoms with Crippen LogP contribution in [0.25, 0.3) is 0 Å². The van der Waals surface area contributed by atoms with Crippen molar-refractivity contribution in [2.45, 2.75) is 6.92 Å². The molecular weight excluding hydrogens is 107 g/mol. The Hall–Kier alpha value is 0.350. The lowest BCUT2D eigenvalue weighted by molar-refractivity contribution is 0.942. The second-order valence-electron chi connectivity index (χ2n) is 1.56. The van der Waals surface area contributed by atoms with Crippen LogP contribution in [0.4, 0.5) is 0 Å². The van der Waals surface area contributed by atoms with Crippen molar-refractivity contribution in [3.05, 3.63) is 0 Å². The summed E-state index contributed by atoms with van der Waals surface area (Å²) in [5, 5.41) is 6.72. The van der Waals surface area contributed by atoms with Crippen molar-refractivity contribution in [1.29, 1.82) is 0 Å². The summed E-state index contributed by atoms with van der Waals surface area (Å²) in [5.74, 6) is 0. The Morgan fingerprint density at radius 2 is 2.00 bits per heavy atom. The first-order chi connectivity index (χ1) is 3.43. The predicted octanol–water partition coefficient (Wildman–Crippen LogP) is 0.511. The van der Waals surface area contributed by atoms with Crippen LogP contribution in [0.2, 0.25) is 0 Å². The Labute approximate surface area is 45.5 Å². The lowest BCUT2D eigenvalue weighted by Crippen LogP contribution is -2.01. The summed E-state index contributed by atoms with van der Waals surface area (Å²) < 4.78 is 0. The van der Waals surface area contributed by atoms with Gasteiger partial charge in [0.15, 0.2) is 0 Å².